The highest BCUT2D eigenvalue weighted by Crippen LogP contribution is 2.23. The Morgan fingerprint density at radius 2 is 2.04 bits per heavy atom. The Morgan fingerprint density at radius 1 is 1.25 bits per heavy atom. The Hall–Kier alpha value is -2.20. The number of anilines is 1. The van der Waals surface area contributed by atoms with E-state index in [2.05, 4.69) is 15.6 Å². The van der Waals surface area contributed by atoms with Gasteiger partial charge in [0.05, 0.1) is 16.3 Å². The molecule has 0 radical (unpaired) electrons. The number of carbonyl (C=O) groups excluding carboxylic acids is 1. The normalized spacial score (nSPS) is 10.8. The molecule has 24 heavy (non-hydrogen) atoms. The van der Waals surface area contributed by atoms with Crippen molar-refractivity contribution in [2.75, 3.05) is 11.6 Å². The number of carbonyl (C=O) groups is 1. The maximum atomic E-state index is 12.3. The van der Waals surface area contributed by atoms with Crippen molar-refractivity contribution >= 4 is 57.4 Å². The number of hydrogen-bond acceptors (Lipinski definition) is 4. The first-order valence-corrected chi connectivity index (χ1v) is 8.66. The fraction of sp³-hybridized carbons (Fsp3) is 0.0625. The van der Waals surface area contributed by atoms with Crippen LogP contribution < -0.4 is 10.6 Å². The molecule has 0 atom stereocenters. The smallest absolute Gasteiger partial charge is 0.257 e. The van der Waals surface area contributed by atoms with Crippen molar-refractivity contribution < 1.29 is 4.79 Å². The molecular formula is C16H12Cl2N4OS. The molecule has 2 aromatic carbocycles. The number of thioether (sulfide) groups is 1. The van der Waals surface area contributed by atoms with E-state index in [4.69, 9.17) is 28.5 Å². The van der Waals surface area contributed by atoms with E-state index in [0.29, 0.717) is 27.1 Å². The molecule has 0 aromatic heterocycles. The molecule has 0 bridgehead atoms. The van der Waals surface area contributed by atoms with Crippen LogP contribution in [0, 0.1) is 11.5 Å². The Bertz CT molecular complexity index is 833. The molecule has 8 heteroatoms. The summed E-state index contributed by atoms with van der Waals surface area (Å²) in [5.41, 5.74) is 1.48. The first kappa shape index (κ1) is 18.1. The number of aliphatic imine (C=N–C) groups is 1. The number of benzene rings is 2. The van der Waals surface area contributed by atoms with Gasteiger partial charge < -0.3 is 5.32 Å². The van der Waals surface area contributed by atoms with Crippen molar-refractivity contribution in [3.63, 3.8) is 0 Å². The third-order valence-corrected chi connectivity index (χ3v) is 3.99. The molecule has 0 spiro atoms. The van der Waals surface area contributed by atoms with Crippen LogP contribution in [-0.2, 0) is 0 Å². The fourth-order valence-corrected chi connectivity index (χ4v) is 2.65. The molecule has 0 heterocycles. The lowest BCUT2D eigenvalue weighted by atomic mass is 10.2. The van der Waals surface area contributed by atoms with E-state index >= 15 is 0 Å². The molecule has 0 fully saturated rings. The summed E-state index contributed by atoms with van der Waals surface area (Å²) in [6.45, 7) is 0. The zero-order valence-corrected chi connectivity index (χ0v) is 14.8. The summed E-state index contributed by atoms with van der Waals surface area (Å²) in [6, 6.07) is 11.6. The minimum atomic E-state index is -0.349. The maximum absolute atomic E-state index is 12.3. The van der Waals surface area contributed by atoms with Gasteiger partial charge in [-0.3, -0.25) is 10.1 Å². The van der Waals surface area contributed by atoms with Gasteiger partial charge in [0, 0.05) is 10.7 Å². The van der Waals surface area contributed by atoms with Crippen molar-refractivity contribution in [3.8, 4) is 6.19 Å². The van der Waals surface area contributed by atoms with Crippen LogP contribution in [0.1, 0.15) is 10.4 Å². The van der Waals surface area contributed by atoms with Crippen LogP contribution >= 0.6 is 35.0 Å². The number of nitrogens with zero attached hydrogens (tertiary/aromatic N) is 2. The van der Waals surface area contributed by atoms with Crippen LogP contribution in [0.15, 0.2) is 47.5 Å². The van der Waals surface area contributed by atoms with Gasteiger partial charge in [-0.25, -0.2) is 4.99 Å². The molecule has 0 aliphatic carbocycles. The lowest BCUT2D eigenvalue weighted by Crippen LogP contribution is -2.13. The van der Waals surface area contributed by atoms with Crippen LogP contribution in [0.4, 0.5) is 11.4 Å². The number of nitriles is 1. The second-order valence-corrected chi connectivity index (χ2v) is 6.13. The van der Waals surface area contributed by atoms with E-state index in [1.165, 1.54) is 17.8 Å². The van der Waals surface area contributed by atoms with Gasteiger partial charge in [-0.05, 0) is 42.7 Å². The molecule has 0 saturated carbocycles. The third-order valence-electron chi connectivity index (χ3n) is 2.87. The summed E-state index contributed by atoms with van der Waals surface area (Å²) in [6.07, 6.45) is 3.62. The first-order valence-electron chi connectivity index (χ1n) is 6.67. The molecule has 2 rings (SSSR count). The topological polar surface area (TPSA) is 77.3 Å². The van der Waals surface area contributed by atoms with E-state index in [1.807, 2.05) is 6.19 Å². The molecule has 0 aliphatic rings. The van der Waals surface area contributed by atoms with Crippen LogP contribution in [0.25, 0.3) is 0 Å². The van der Waals surface area contributed by atoms with Gasteiger partial charge in [0.25, 0.3) is 5.91 Å². The number of amides is 1. The van der Waals surface area contributed by atoms with Crippen LogP contribution in [0.3, 0.4) is 0 Å². The van der Waals surface area contributed by atoms with Gasteiger partial charge in [0.2, 0.25) is 0 Å². The van der Waals surface area contributed by atoms with Crippen LogP contribution in [-0.4, -0.2) is 17.3 Å². The number of halogens is 2. The number of hydrogen-bond donors (Lipinski definition) is 2. The van der Waals surface area contributed by atoms with Gasteiger partial charge in [-0.1, -0.05) is 41.0 Å². The third kappa shape index (κ3) is 4.90. The minimum Gasteiger partial charge on any atom is -0.322 e. The average molecular weight is 379 g/mol. The van der Waals surface area contributed by atoms with E-state index in [0.717, 1.165) is 0 Å². The minimum absolute atomic E-state index is 0.275. The number of nitrogens with one attached hydrogen (secondary N) is 2. The van der Waals surface area contributed by atoms with Crippen molar-refractivity contribution in [2.24, 2.45) is 4.99 Å². The van der Waals surface area contributed by atoms with Crippen molar-refractivity contribution in [2.45, 2.75) is 0 Å². The van der Waals surface area contributed by atoms with Crippen LogP contribution in [0.5, 0.6) is 0 Å². The largest absolute Gasteiger partial charge is 0.322 e. The summed E-state index contributed by atoms with van der Waals surface area (Å²) in [4.78, 5) is 16.6. The number of amidine groups is 1. The van der Waals surface area contributed by atoms with E-state index < -0.39 is 0 Å². The summed E-state index contributed by atoms with van der Waals surface area (Å²) in [5, 5.41) is 15.1. The highest BCUT2D eigenvalue weighted by atomic mass is 35.5. The highest BCUT2D eigenvalue weighted by molar-refractivity contribution is 8.13. The molecule has 1 amide bonds. The Morgan fingerprint density at radius 3 is 2.71 bits per heavy atom. The summed E-state index contributed by atoms with van der Waals surface area (Å²) < 4.78 is 0. The zero-order valence-electron chi connectivity index (χ0n) is 12.5. The first-order chi connectivity index (χ1) is 11.5. The second kappa shape index (κ2) is 8.60. The lowest BCUT2D eigenvalue weighted by molar-refractivity contribution is 0.102. The predicted molar refractivity (Wildman–Crippen MR) is 100 cm³/mol. The Balaban J connectivity index is 2.20. The van der Waals surface area contributed by atoms with Gasteiger partial charge in [0.1, 0.15) is 0 Å². The van der Waals surface area contributed by atoms with Gasteiger partial charge in [0.15, 0.2) is 11.4 Å². The maximum Gasteiger partial charge on any atom is 0.257 e. The molecule has 122 valence electrons. The summed E-state index contributed by atoms with van der Waals surface area (Å²) in [5.74, 6) is -0.349. The molecular weight excluding hydrogens is 367 g/mol. The van der Waals surface area contributed by atoms with Crippen molar-refractivity contribution in [1.29, 1.82) is 5.26 Å². The fourth-order valence-electron chi connectivity index (χ4n) is 1.81. The Labute approximate surface area is 153 Å². The lowest BCUT2D eigenvalue weighted by Gasteiger charge is -2.08. The second-order valence-electron chi connectivity index (χ2n) is 4.49. The predicted octanol–water partition coefficient (Wildman–Crippen LogP) is 4.67. The SMILES string of the molecule is CSC(=Nc1cccc(NC(=O)c2ccc(Cl)cc2Cl)c1)NC#N. The molecule has 0 aliphatic heterocycles. The molecule has 0 unspecified atom stereocenters. The van der Waals surface area contributed by atoms with Crippen molar-refractivity contribution in [3.05, 3.63) is 58.1 Å². The van der Waals surface area contributed by atoms with Gasteiger partial charge >= 0.3 is 0 Å². The highest BCUT2D eigenvalue weighted by Gasteiger charge is 2.11. The molecule has 2 N–H and O–H groups in total. The van der Waals surface area contributed by atoms with Gasteiger partial charge in [-0.2, -0.15) is 5.26 Å². The van der Waals surface area contributed by atoms with Crippen LogP contribution in [0.2, 0.25) is 10.0 Å². The van der Waals surface area contributed by atoms with E-state index in [-0.39, 0.29) is 10.9 Å². The Kier molecular flexibility index (Phi) is 6.50. The van der Waals surface area contributed by atoms with Gasteiger partial charge in [-0.15, -0.1) is 0 Å². The average Bonchev–Trinajstić information content (AvgIpc) is 2.54. The quantitative estimate of drug-likeness (QED) is 0.352. The molecule has 2 aromatic rings. The summed E-state index contributed by atoms with van der Waals surface area (Å²) in [7, 11) is 0. The molecule has 0 saturated heterocycles. The van der Waals surface area contributed by atoms with E-state index in [9.17, 15) is 4.79 Å². The number of rotatable bonds is 3. The van der Waals surface area contributed by atoms with E-state index in [1.54, 1.807) is 42.7 Å². The zero-order chi connectivity index (χ0) is 17.5. The monoisotopic (exact) mass is 378 g/mol. The standard InChI is InChI=1S/C16H12Cl2N4OS/c1-24-16(20-9-19)22-12-4-2-3-11(8-12)21-15(23)13-6-5-10(17)7-14(13)18/h2-8H,1H3,(H,20,22)(H,21,23). The molecule has 5 nitrogen and oxygen atoms in total. The van der Waals surface area contributed by atoms with Crippen molar-refractivity contribution in [1.82, 2.24) is 5.32 Å². The summed E-state index contributed by atoms with van der Waals surface area (Å²) >= 11 is 13.2.